The molecule has 0 bridgehead atoms. The third-order valence-electron chi connectivity index (χ3n) is 1.94. The number of nitrogens with one attached hydrogen (secondary N) is 1. The molecule has 0 aromatic carbocycles. The standard InChI is InChI=1S/C10H12Cl2N2O2/c11-8-6-14-9(12)5-7(8)10(16)13-3-1-2-4-15/h5-6,15H,1-4H2,(H,13,16). The second-order valence-electron chi connectivity index (χ2n) is 3.17. The fourth-order valence-electron chi connectivity index (χ4n) is 1.12. The molecule has 0 atom stereocenters. The number of unbranched alkanes of at least 4 members (excludes halogenated alkanes) is 1. The summed E-state index contributed by atoms with van der Waals surface area (Å²) in [5.74, 6) is -0.285. The molecule has 0 fully saturated rings. The number of hydrogen-bond donors (Lipinski definition) is 2. The Morgan fingerprint density at radius 3 is 2.88 bits per heavy atom. The predicted molar refractivity (Wildman–Crippen MR) is 62.9 cm³/mol. The van der Waals surface area contributed by atoms with Crippen molar-refractivity contribution < 1.29 is 9.90 Å². The summed E-state index contributed by atoms with van der Waals surface area (Å²) >= 11 is 11.5. The Morgan fingerprint density at radius 2 is 2.19 bits per heavy atom. The summed E-state index contributed by atoms with van der Waals surface area (Å²) in [6, 6.07) is 1.42. The molecule has 0 saturated heterocycles. The first-order valence-electron chi connectivity index (χ1n) is 4.85. The van der Waals surface area contributed by atoms with Crippen LogP contribution >= 0.6 is 23.2 Å². The van der Waals surface area contributed by atoms with Gasteiger partial charge in [-0.15, -0.1) is 0 Å². The van der Waals surface area contributed by atoms with Gasteiger partial charge < -0.3 is 10.4 Å². The second-order valence-corrected chi connectivity index (χ2v) is 3.97. The highest BCUT2D eigenvalue weighted by atomic mass is 35.5. The van der Waals surface area contributed by atoms with Gasteiger partial charge >= 0.3 is 0 Å². The van der Waals surface area contributed by atoms with E-state index in [2.05, 4.69) is 10.3 Å². The van der Waals surface area contributed by atoms with Crippen molar-refractivity contribution in [2.45, 2.75) is 12.8 Å². The number of hydrogen-bond acceptors (Lipinski definition) is 3. The third-order valence-corrected chi connectivity index (χ3v) is 2.44. The molecule has 0 aliphatic heterocycles. The highest BCUT2D eigenvalue weighted by Crippen LogP contribution is 2.17. The van der Waals surface area contributed by atoms with Gasteiger partial charge in [0, 0.05) is 19.3 Å². The number of aliphatic hydroxyl groups is 1. The van der Waals surface area contributed by atoms with Gasteiger partial charge in [-0.3, -0.25) is 4.79 Å². The highest BCUT2D eigenvalue weighted by Gasteiger charge is 2.10. The van der Waals surface area contributed by atoms with E-state index in [1.807, 2.05) is 0 Å². The maximum Gasteiger partial charge on any atom is 0.252 e. The van der Waals surface area contributed by atoms with Crippen molar-refractivity contribution in [3.8, 4) is 0 Å². The molecule has 16 heavy (non-hydrogen) atoms. The lowest BCUT2D eigenvalue weighted by molar-refractivity contribution is 0.0952. The van der Waals surface area contributed by atoms with Crippen LogP contribution in [0.3, 0.4) is 0 Å². The molecule has 1 aromatic heterocycles. The van der Waals surface area contributed by atoms with Crippen LogP contribution in [-0.2, 0) is 0 Å². The molecular weight excluding hydrogens is 251 g/mol. The van der Waals surface area contributed by atoms with Gasteiger partial charge in [-0.1, -0.05) is 23.2 Å². The van der Waals surface area contributed by atoms with E-state index in [4.69, 9.17) is 28.3 Å². The summed E-state index contributed by atoms with van der Waals surface area (Å²) in [7, 11) is 0. The third kappa shape index (κ3) is 3.96. The largest absolute Gasteiger partial charge is 0.396 e. The minimum absolute atomic E-state index is 0.123. The Kier molecular flexibility index (Phi) is 5.52. The summed E-state index contributed by atoms with van der Waals surface area (Å²) < 4.78 is 0. The van der Waals surface area contributed by atoms with Gasteiger partial charge in [0.1, 0.15) is 5.15 Å². The number of rotatable bonds is 5. The van der Waals surface area contributed by atoms with Gasteiger partial charge in [-0.05, 0) is 18.9 Å². The molecule has 2 N–H and O–H groups in total. The Balaban J connectivity index is 2.55. The van der Waals surface area contributed by atoms with E-state index < -0.39 is 0 Å². The molecule has 6 heteroatoms. The first-order valence-corrected chi connectivity index (χ1v) is 5.61. The van der Waals surface area contributed by atoms with Crippen LogP contribution in [0.1, 0.15) is 23.2 Å². The maximum absolute atomic E-state index is 11.6. The van der Waals surface area contributed by atoms with Crippen LogP contribution in [0.4, 0.5) is 0 Å². The van der Waals surface area contributed by atoms with Crippen molar-refractivity contribution >= 4 is 29.1 Å². The van der Waals surface area contributed by atoms with E-state index in [0.29, 0.717) is 18.5 Å². The molecular formula is C10H12Cl2N2O2. The lowest BCUT2D eigenvalue weighted by atomic mass is 10.2. The molecule has 4 nitrogen and oxygen atoms in total. The van der Waals surface area contributed by atoms with Crippen molar-refractivity contribution in [3.63, 3.8) is 0 Å². The molecule has 88 valence electrons. The lowest BCUT2D eigenvalue weighted by Crippen LogP contribution is -2.25. The van der Waals surface area contributed by atoms with Crippen molar-refractivity contribution in [1.82, 2.24) is 10.3 Å². The van der Waals surface area contributed by atoms with Crippen molar-refractivity contribution in [2.24, 2.45) is 0 Å². The number of aromatic nitrogens is 1. The van der Waals surface area contributed by atoms with Crippen LogP contribution in [0.15, 0.2) is 12.3 Å². The van der Waals surface area contributed by atoms with E-state index in [1.54, 1.807) is 0 Å². The number of carbonyl (C=O) groups is 1. The molecule has 0 saturated carbocycles. The van der Waals surface area contributed by atoms with Gasteiger partial charge in [0.25, 0.3) is 5.91 Å². The molecule has 1 heterocycles. The molecule has 0 radical (unpaired) electrons. The van der Waals surface area contributed by atoms with Crippen LogP contribution < -0.4 is 5.32 Å². The smallest absolute Gasteiger partial charge is 0.252 e. The molecule has 1 amide bonds. The summed E-state index contributed by atoms with van der Waals surface area (Å²) in [5.41, 5.74) is 0.311. The van der Waals surface area contributed by atoms with E-state index in [-0.39, 0.29) is 22.7 Å². The molecule has 0 aliphatic carbocycles. The van der Waals surface area contributed by atoms with Gasteiger partial charge in [-0.2, -0.15) is 0 Å². The molecule has 0 spiro atoms. The van der Waals surface area contributed by atoms with Gasteiger partial charge in [0.05, 0.1) is 10.6 Å². The van der Waals surface area contributed by atoms with Crippen molar-refractivity contribution in [2.75, 3.05) is 13.2 Å². The summed E-state index contributed by atoms with van der Waals surface area (Å²) in [4.78, 5) is 15.4. The average molecular weight is 263 g/mol. The average Bonchev–Trinajstić information content (AvgIpc) is 2.27. The zero-order chi connectivity index (χ0) is 12.0. The fourth-order valence-corrected chi connectivity index (χ4v) is 1.47. The zero-order valence-electron chi connectivity index (χ0n) is 8.54. The Morgan fingerprint density at radius 1 is 1.44 bits per heavy atom. The van der Waals surface area contributed by atoms with Crippen LogP contribution in [0.5, 0.6) is 0 Å². The van der Waals surface area contributed by atoms with E-state index in [1.165, 1.54) is 12.3 Å². The highest BCUT2D eigenvalue weighted by molar-refractivity contribution is 6.35. The van der Waals surface area contributed by atoms with E-state index in [0.717, 1.165) is 6.42 Å². The fraction of sp³-hybridized carbons (Fsp3) is 0.400. The molecule has 1 rings (SSSR count). The van der Waals surface area contributed by atoms with Gasteiger partial charge in [-0.25, -0.2) is 4.98 Å². The van der Waals surface area contributed by atoms with Crippen LogP contribution in [0.2, 0.25) is 10.2 Å². The molecule has 0 unspecified atom stereocenters. The van der Waals surface area contributed by atoms with Crippen LogP contribution in [0, 0.1) is 0 Å². The number of amides is 1. The molecule has 1 aromatic rings. The monoisotopic (exact) mass is 262 g/mol. The van der Waals surface area contributed by atoms with E-state index in [9.17, 15) is 4.79 Å². The minimum atomic E-state index is -0.285. The second kappa shape index (κ2) is 6.68. The minimum Gasteiger partial charge on any atom is -0.396 e. The van der Waals surface area contributed by atoms with Crippen molar-refractivity contribution in [3.05, 3.63) is 28.0 Å². The summed E-state index contributed by atoms with van der Waals surface area (Å²) in [6.45, 7) is 0.618. The first kappa shape index (κ1) is 13.2. The Bertz CT molecular complexity index is 372. The maximum atomic E-state index is 11.6. The van der Waals surface area contributed by atoms with Crippen molar-refractivity contribution in [1.29, 1.82) is 0 Å². The zero-order valence-corrected chi connectivity index (χ0v) is 10.1. The summed E-state index contributed by atoms with van der Waals surface area (Å²) in [6.07, 6.45) is 2.72. The number of pyridine rings is 1. The van der Waals surface area contributed by atoms with E-state index >= 15 is 0 Å². The van der Waals surface area contributed by atoms with Crippen LogP contribution in [0.25, 0.3) is 0 Å². The summed E-state index contributed by atoms with van der Waals surface area (Å²) in [5, 5.41) is 11.7. The topological polar surface area (TPSA) is 62.2 Å². The first-order chi connectivity index (χ1) is 7.65. The number of nitrogens with zero attached hydrogens (tertiary/aromatic N) is 1. The molecule has 0 aliphatic rings. The Labute approximate surface area is 104 Å². The van der Waals surface area contributed by atoms with Gasteiger partial charge in [0.2, 0.25) is 0 Å². The normalized spacial score (nSPS) is 10.2. The Hall–Kier alpha value is -0.840. The SMILES string of the molecule is O=C(NCCCCO)c1cc(Cl)ncc1Cl. The predicted octanol–water partition coefficient (Wildman–Crippen LogP) is 1.89. The quantitative estimate of drug-likeness (QED) is 0.630. The number of carbonyl (C=O) groups excluding carboxylic acids is 1. The van der Waals surface area contributed by atoms with Crippen LogP contribution in [-0.4, -0.2) is 29.1 Å². The number of aliphatic hydroxyl groups excluding tert-OH is 1. The lowest BCUT2D eigenvalue weighted by Gasteiger charge is -2.06. The van der Waals surface area contributed by atoms with Gasteiger partial charge in [0.15, 0.2) is 0 Å². The number of halogens is 2.